The third kappa shape index (κ3) is 4.11. The topological polar surface area (TPSA) is 113 Å². The Bertz CT molecular complexity index is 766. The molecule has 1 aliphatic rings. The summed E-state index contributed by atoms with van der Waals surface area (Å²) in [5.74, 6) is -0.731. The van der Waals surface area contributed by atoms with Crippen LogP contribution in [-0.2, 0) is 9.84 Å². The number of hydrogen-bond donors (Lipinski definition) is 2. The third-order valence-corrected chi connectivity index (χ3v) is 6.58. The van der Waals surface area contributed by atoms with Gasteiger partial charge in [-0.15, -0.1) is 0 Å². The van der Waals surface area contributed by atoms with Gasteiger partial charge in [-0.2, -0.15) is 0 Å². The number of anilines is 1. The number of hydrogen-bond acceptors (Lipinski definition) is 7. The normalized spacial score (nSPS) is 18.1. The van der Waals surface area contributed by atoms with Crippen LogP contribution in [0.15, 0.2) is 17.0 Å². The molecule has 9 heteroatoms. The fraction of sp³-hybridized carbons (Fsp3) is 0.588. The molecule has 0 spiro atoms. The Morgan fingerprint density at radius 3 is 2.69 bits per heavy atom. The third-order valence-electron chi connectivity index (χ3n) is 4.80. The van der Waals surface area contributed by atoms with Gasteiger partial charge in [-0.1, -0.05) is 13.8 Å². The monoisotopic (exact) mass is 385 g/mol. The number of hydroxylamine groups is 2. The minimum Gasteiger partial charge on any atom is -0.496 e. The summed E-state index contributed by atoms with van der Waals surface area (Å²) in [5.41, 5.74) is 5.80. The predicted molar refractivity (Wildman–Crippen MR) is 98.2 cm³/mol. The van der Waals surface area contributed by atoms with Gasteiger partial charge in [0, 0.05) is 12.1 Å². The summed E-state index contributed by atoms with van der Waals surface area (Å²) in [7, 11) is -2.25. The van der Waals surface area contributed by atoms with Crippen molar-refractivity contribution >= 4 is 21.4 Å². The molecular formula is C17H27N3O5S. The van der Waals surface area contributed by atoms with Crippen LogP contribution >= 0.6 is 0 Å². The first-order valence-corrected chi connectivity index (χ1v) is 10.3. The van der Waals surface area contributed by atoms with E-state index in [1.54, 1.807) is 0 Å². The Balaban J connectivity index is 2.33. The number of rotatable bonds is 7. The molecule has 0 aliphatic carbocycles. The van der Waals surface area contributed by atoms with Crippen molar-refractivity contribution in [2.24, 2.45) is 0 Å². The fourth-order valence-electron chi connectivity index (χ4n) is 3.28. The van der Waals surface area contributed by atoms with E-state index in [-0.39, 0.29) is 40.2 Å². The molecule has 1 fully saturated rings. The van der Waals surface area contributed by atoms with Gasteiger partial charge in [0.15, 0.2) is 9.84 Å². The number of carbonyl (C=O) groups excluding carboxylic acids is 1. The molecule has 8 nitrogen and oxygen atoms in total. The van der Waals surface area contributed by atoms with Gasteiger partial charge >= 0.3 is 0 Å². The summed E-state index contributed by atoms with van der Waals surface area (Å²) in [6, 6.07) is 2.56. The number of ether oxygens (including phenoxy) is 1. The highest BCUT2D eigenvalue weighted by Crippen LogP contribution is 2.30. The van der Waals surface area contributed by atoms with E-state index in [1.807, 2.05) is 6.92 Å². The zero-order valence-corrected chi connectivity index (χ0v) is 16.3. The molecule has 1 aromatic rings. The van der Waals surface area contributed by atoms with Crippen LogP contribution in [0, 0.1) is 0 Å². The number of likely N-dealkylation sites (tertiary alicyclic amines) is 1. The highest BCUT2D eigenvalue weighted by atomic mass is 32.2. The molecule has 26 heavy (non-hydrogen) atoms. The lowest BCUT2D eigenvalue weighted by Gasteiger charge is -2.26. The lowest BCUT2D eigenvalue weighted by Crippen LogP contribution is -2.41. The number of carbonyl (C=O) groups is 1. The van der Waals surface area contributed by atoms with Crippen LogP contribution in [0.5, 0.6) is 5.75 Å². The highest BCUT2D eigenvalue weighted by molar-refractivity contribution is 7.91. The van der Waals surface area contributed by atoms with Gasteiger partial charge in [0.25, 0.3) is 5.91 Å². The van der Waals surface area contributed by atoms with E-state index in [2.05, 4.69) is 4.90 Å². The maximum Gasteiger partial charge on any atom is 0.281 e. The first-order valence-electron chi connectivity index (χ1n) is 8.70. The second kappa shape index (κ2) is 8.24. The van der Waals surface area contributed by atoms with E-state index in [9.17, 15) is 18.4 Å². The number of amides is 1. The zero-order chi connectivity index (χ0) is 19.5. The van der Waals surface area contributed by atoms with Gasteiger partial charge in [0.1, 0.15) is 5.75 Å². The highest BCUT2D eigenvalue weighted by Gasteiger charge is 2.29. The van der Waals surface area contributed by atoms with Crippen molar-refractivity contribution in [2.75, 3.05) is 38.2 Å². The van der Waals surface area contributed by atoms with Crippen molar-refractivity contribution in [3.63, 3.8) is 0 Å². The SMILES string of the molecule is CCN1CCC[C@@H]1CN(O)C(=O)c1cc(S(=O)(=O)CC)c(N)cc1OC. The van der Waals surface area contributed by atoms with Crippen molar-refractivity contribution in [2.45, 2.75) is 37.6 Å². The first-order chi connectivity index (χ1) is 12.2. The van der Waals surface area contributed by atoms with Gasteiger partial charge in [0.05, 0.1) is 35.6 Å². The number of likely N-dealkylation sites (N-methyl/N-ethyl adjacent to an activating group) is 1. The van der Waals surface area contributed by atoms with Crippen molar-refractivity contribution < 1.29 is 23.2 Å². The lowest BCUT2D eigenvalue weighted by atomic mass is 10.1. The Labute approximate surface area is 154 Å². The summed E-state index contributed by atoms with van der Waals surface area (Å²) in [6.07, 6.45) is 1.91. The zero-order valence-electron chi connectivity index (χ0n) is 15.4. The van der Waals surface area contributed by atoms with Crippen LogP contribution in [-0.4, -0.2) is 68.0 Å². The molecule has 1 amide bonds. The predicted octanol–water partition coefficient (Wildman–Crippen LogP) is 1.39. The van der Waals surface area contributed by atoms with Crippen molar-refractivity contribution in [1.82, 2.24) is 9.96 Å². The van der Waals surface area contributed by atoms with Crippen molar-refractivity contribution in [1.29, 1.82) is 0 Å². The van der Waals surface area contributed by atoms with Gasteiger partial charge < -0.3 is 10.5 Å². The minimum atomic E-state index is -3.61. The van der Waals surface area contributed by atoms with Crippen molar-refractivity contribution in [3.8, 4) is 5.75 Å². The number of sulfone groups is 1. The number of methoxy groups -OCH3 is 1. The summed E-state index contributed by atoms with van der Waals surface area (Å²) in [4.78, 5) is 14.8. The van der Waals surface area contributed by atoms with Crippen LogP contribution in [0.3, 0.4) is 0 Å². The minimum absolute atomic E-state index is 0.0118. The molecule has 0 saturated carbocycles. The van der Waals surface area contributed by atoms with E-state index >= 15 is 0 Å². The van der Waals surface area contributed by atoms with Crippen LogP contribution in [0.25, 0.3) is 0 Å². The largest absolute Gasteiger partial charge is 0.496 e. The molecule has 0 radical (unpaired) electrons. The first kappa shape index (κ1) is 20.5. The smallest absolute Gasteiger partial charge is 0.281 e. The molecule has 1 saturated heterocycles. The van der Waals surface area contributed by atoms with E-state index in [0.717, 1.165) is 25.9 Å². The lowest BCUT2D eigenvalue weighted by molar-refractivity contribution is -0.0693. The van der Waals surface area contributed by atoms with E-state index < -0.39 is 15.7 Å². The average Bonchev–Trinajstić information content (AvgIpc) is 3.07. The van der Waals surface area contributed by atoms with E-state index in [1.165, 1.54) is 26.2 Å². The summed E-state index contributed by atoms with van der Waals surface area (Å²) in [6.45, 7) is 5.46. The Kier molecular flexibility index (Phi) is 6.48. The van der Waals surface area contributed by atoms with Crippen LogP contribution in [0.2, 0.25) is 0 Å². The Morgan fingerprint density at radius 2 is 2.12 bits per heavy atom. The molecule has 1 aromatic carbocycles. The quantitative estimate of drug-likeness (QED) is 0.414. The van der Waals surface area contributed by atoms with Crippen LogP contribution in [0.4, 0.5) is 5.69 Å². The van der Waals surface area contributed by atoms with Crippen LogP contribution in [0.1, 0.15) is 37.0 Å². The second-order valence-corrected chi connectivity index (χ2v) is 8.55. The standard InChI is InChI=1S/C17H27N3O5S/c1-4-19-8-6-7-12(19)11-20(22)17(21)13-9-16(26(23,24)5-2)14(18)10-15(13)25-3/h9-10,12,22H,4-8,11,18H2,1-3H3/t12-/m1/s1. The van der Waals surface area contributed by atoms with E-state index in [0.29, 0.717) is 5.06 Å². The summed E-state index contributed by atoms with van der Waals surface area (Å²) in [5, 5.41) is 10.9. The Morgan fingerprint density at radius 1 is 1.42 bits per heavy atom. The Hall–Kier alpha value is -1.84. The molecule has 0 bridgehead atoms. The molecule has 0 aromatic heterocycles. The van der Waals surface area contributed by atoms with Crippen molar-refractivity contribution in [3.05, 3.63) is 17.7 Å². The number of benzene rings is 1. The summed E-state index contributed by atoms with van der Waals surface area (Å²) < 4.78 is 29.6. The molecule has 3 N–H and O–H groups in total. The number of nitrogen functional groups attached to an aromatic ring is 1. The van der Waals surface area contributed by atoms with Crippen LogP contribution < -0.4 is 10.5 Å². The summed E-state index contributed by atoms with van der Waals surface area (Å²) >= 11 is 0. The molecule has 146 valence electrons. The number of nitrogens with zero attached hydrogens (tertiary/aromatic N) is 2. The molecule has 2 rings (SSSR count). The second-order valence-electron chi connectivity index (χ2n) is 6.31. The van der Waals surface area contributed by atoms with Gasteiger partial charge in [-0.25, -0.2) is 13.5 Å². The molecule has 1 aliphatic heterocycles. The average molecular weight is 385 g/mol. The maximum atomic E-state index is 12.7. The van der Waals surface area contributed by atoms with Gasteiger partial charge in [-0.3, -0.25) is 14.9 Å². The van der Waals surface area contributed by atoms with E-state index in [4.69, 9.17) is 10.5 Å². The van der Waals surface area contributed by atoms with Gasteiger partial charge in [-0.05, 0) is 32.0 Å². The number of nitrogens with two attached hydrogens (primary N) is 1. The maximum absolute atomic E-state index is 12.7. The molecular weight excluding hydrogens is 358 g/mol. The molecule has 1 heterocycles. The molecule has 0 unspecified atom stereocenters. The fourth-order valence-corrected chi connectivity index (χ4v) is 4.30. The molecule has 1 atom stereocenters. The van der Waals surface area contributed by atoms with Gasteiger partial charge in [0.2, 0.25) is 0 Å².